The molecule has 0 spiro atoms. The van der Waals surface area contributed by atoms with E-state index in [-0.39, 0.29) is 16.9 Å². The molecule has 88 valence electrons. The van der Waals surface area contributed by atoms with E-state index in [0.717, 1.165) is 12.8 Å². The summed E-state index contributed by atoms with van der Waals surface area (Å²) in [7, 11) is 0. The third-order valence-corrected chi connectivity index (χ3v) is 2.38. The summed E-state index contributed by atoms with van der Waals surface area (Å²) >= 11 is 0. The molecule has 0 unspecified atom stereocenters. The number of hydrogen-bond donors (Lipinski definition) is 2. The number of nitrogens with one attached hydrogen (secondary N) is 2. The van der Waals surface area contributed by atoms with Gasteiger partial charge in [-0.3, -0.25) is 9.59 Å². The molecule has 1 aromatic rings. The molecule has 4 heteroatoms. The molecule has 1 amide bonds. The van der Waals surface area contributed by atoms with Gasteiger partial charge in [-0.2, -0.15) is 0 Å². The number of unbranched alkanes of at least 4 members (excludes halogenated alkanes) is 3. The summed E-state index contributed by atoms with van der Waals surface area (Å²) in [5, 5.41) is 2.74. The Hall–Kier alpha value is -1.58. The fraction of sp³-hybridized carbons (Fsp3) is 0.500. The second-order valence-corrected chi connectivity index (χ2v) is 3.74. The summed E-state index contributed by atoms with van der Waals surface area (Å²) in [5.74, 6) is -0.293. The highest BCUT2D eigenvalue weighted by Crippen LogP contribution is 1.97. The van der Waals surface area contributed by atoms with Crippen LogP contribution < -0.4 is 10.7 Å². The minimum absolute atomic E-state index is 0.179. The van der Waals surface area contributed by atoms with Crippen LogP contribution in [0.2, 0.25) is 0 Å². The van der Waals surface area contributed by atoms with Gasteiger partial charge in [-0.1, -0.05) is 26.2 Å². The minimum Gasteiger partial charge on any atom is -0.367 e. The van der Waals surface area contributed by atoms with Crippen LogP contribution in [0.15, 0.2) is 23.3 Å². The van der Waals surface area contributed by atoms with Crippen molar-refractivity contribution in [3.63, 3.8) is 0 Å². The molecule has 0 radical (unpaired) electrons. The molecule has 0 saturated carbocycles. The van der Waals surface area contributed by atoms with Crippen LogP contribution in [-0.2, 0) is 0 Å². The number of pyridine rings is 1. The second-order valence-electron chi connectivity index (χ2n) is 3.74. The van der Waals surface area contributed by atoms with E-state index in [4.69, 9.17) is 0 Å². The summed E-state index contributed by atoms with van der Waals surface area (Å²) in [5.41, 5.74) is -0.0669. The first-order chi connectivity index (χ1) is 7.75. The van der Waals surface area contributed by atoms with Gasteiger partial charge in [-0.05, 0) is 6.42 Å². The predicted molar refractivity (Wildman–Crippen MR) is 63.5 cm³/mol. The highest BCUT2D eigenvalue weighted by atomic mass is 16.2. The van der Waals surface area contributed by atoms with E-state index in [1.165, 1.54) is 31.3 Å². The SMILES string of the molecule is CCCCCCNC(=O)c1c[nH]ccc1=O. The smallest absolute Gasteiger partial charge is 0.256 e. The molecule has 4 nitrogen and oxygen atoms in total. The Balaban J connectivity index is 2.36. The third kappa shape index (κ3) is 3.88. The number of aromatic nitrogens is 1. The largest absolute Gasteiger partial charge is 0.367 e. The van der Waals surface area contributed by atoms with Crippen LogP contribution in [-0.4, -0.2) is 17.4 Å². The summed E-state index contributed by atoms with van der Waals surface area (Å²) in [4.78, 5) is 25.6. The Morgan fingerprint density at radius 2 is 2.19 bits per heavy atom. The molecule has 2 N–H and O–H groups in total. The van der Waals surface area contributed by atoms with Gasteiger partial charge in [0.1, 0.15) is 5.56 Å². The molecule has 1 rings (SSSR count). The Morgan fingerprint density at radius 3 is 2.88 bits per heavy atom. The lowest BCUT2D eigenvalue weighted by molar-refractivity contribution is 0.0951. The average molecular weight is 222 g/mol. The highest BCUT2D eigenvalue weighted by molar-refractivity contribution is 5.93. The van der Waals surface area contributed by atoms with Gasteiger partial charge in [0.25, 0.3) is 5.91 Å². The maximum atomic E-state index is 11.6. The van der Waals surface area contributed by atoms with Gasteiger partial charge < -0.3 is 10.3 Å². The van der Waals surface area contributed by atoms with Gasteiger partial charge in [-0.25, -0.2) is 0 Å². The van der Waals surface area contributed by atoms with E-state index in [0.29, 0.717) is 6.54 Å². The van der Waals surface area contributed by atoms with Crippen LogP contribution in [0.3, 0.4) is 0 Å². The molecular formula is C12H18N2O2. The Bertz CT molecular complexity index is 385. The number of aromatic amines is 1. The lowest BCUT2D eigenvalue weighted by atomic mass is 10.2. The van der Waals surface area contributed by atoms with Gasteiger partial charge in [0, 0.05) is 25.0 Å². The Morgan fingerprint density at radius 1 is 1.38 bits per heavy atom. The van der Waals surface area contributed by atoms with Crippen LogP contribution in [0.25, 0.3) is 0 Å². The fourth-order valence-electron chi connectivity index (χ4n) is 1.44. The summed E-state index contributed by atoms with van der Waals surface area (Å²) in [6.07, 6.45) is 7.38. The van der Waals surface area contributed by atoms with Crippen LogP contribution in [0, 0.1) is 0 Å². The molecule has 0 aliphatic heterocycles. The van der Waals surface area contributed by atoms with Crippen molar-refractivity contribution in [1.29, 1.82) is 0 Å². The van der Waals surface area contributed by atoms with Crippen LogP contribution in [0.5, 0.6) is 0 Å². The second kappa shape index (κ2) is 6.82. The van der Waals surface area contributed by atoms with Crippen LogP contribution in [0.4, 0.5) is 0 Å². The van der Waals surface area contributed by atoms with Gasteiger partial charge >= 0.3 is 0 Å². The zero-order chi connectivity index (χ0) is 11.8. The number of amides is 1. The van der Waals surface area contributed by atoms with Crippen molar-refractivity contribution in [1.82, 2.24) is 10.3 Å². The quantitative estimate of drug-likeness (QED) is 0.719. The lowest BCUT2D eigenvalue weighted by Crippen LogP contribution is -2.29. The normalized spacial score (nSPS) is 10.1. The fourth-order valence-corrected chi connectivity index (χ4v) is 1.44. The Labute approximate surface area is 95.1 Å². The van der Waals surface area contributed by atoms with Crippen molar-refractivity contribution in [2.24, 2.45) is 0 Å². The van der Waals surface area contributed by atoms with E-state index in [1.807, 2.05) is 0 Å². The third-order valence-electron chi connectivity index (χ3n) is 2.38. The topological polar surface area (TPSA) is 62.0 Å². The summed E-state index contributed by atoms with van der Waals surface area (Å²) in [6, 6.07) is 1.35. The molecule has 0 bridgehead atoms. The van der Waals surface area contributed by atoms with Crippen molar-refractivity contribution in [3.8, 4) is 0 Å². The highest BCUT2D eigenvalue weighted by Gasteiger charge is 2.07. The average Bonchev–Trinajstić information content (AvgIpc) is 2.29. The first kappa shape index (κ1) is 12.5. The van der Waals surface area contributed by atoms with Gasteiger partial charge in [0.05, 0.1) is 0 Å². The molecule has 0 aliphatic carbocycles. The zero-order valence-corrected chi connectivity index (χ0v) is 9.58. The molecule has 1 heterocycles. The van der Waals surface area contributed by atoms with Crippen molar-refractivity contribution in [2.45, 2.75) is 32.6 Å². The van der Waals surface area contributed by atoms with E-state index in [2.05, 4.69) is 17.2 Å². The van der Waals surface area contributed by atoms with Gasteiger partial charge in [0.2, 0.25) is 0 Å². The molecule has 16 heavy (non-hydrogen) atoms. The maximum Gasteiger partial charge on any atom is 0.256 e. The van der Waals surface area contributed by atoms with Crippen molar-refractivity contribution < 1.29 is 4.79 Å². The first-order valence-corrected chi connectivity index (χ1v) is 5.71. The van der Waals surface area contributed by atoms with E-state index >= 15 is 0 Å². The van der Waals surface area contributed by atoms with Crippen LogP contribution in [0.1, 0.15) is 43.0 Å². The number of carbonyl (C=O) groups excluding carboxylic acids is 1. The number of H-pyrrole nitrogens is 1. The molecule has 0 saturated heterocycles. The van der Waals surface area contributed by atoms with Crippen molar-refractivity contribution in [2.75, 3.05) is 6.54 Å². The van der Waals surface area contributed by atoms with E-state index < -0.39 is 0 Å². The minimum atomic E-state index is -0.293. The summed E-state index contributed by atoms with van der Waals surface area (Å²) in [6.45, 7) is 2.77. The standard InChI is InChI=1S/C12H18N2O2/c1-2-3-4-5-7-14-12(16)10-9-13-8-6-11(10)15/h6,8-9H,2-5,7H2,1H3,(H,13,15)(H,14,16). The van der Waals surface area contributed by atoms with Gasteiger partial charge in [-0.15, -0.1) is 0 Å². The van der Waals surface area contributed by atoms with Crippen molar-refractivity contribution >= 4 is 5.91 Å². The van der Waals surface area contributed by atoms with E-state index in [9.17, 15) is 9.59 Å². The van der Waals surface area contributed by atoms with Crippen LogP contribution >= 0.6 is 0 Å². The van der Waals surface area contributed by atoms with Gasteiger partial charge in [0.15, 0.2) is 5.43 Å². The molecule has 1 aromatic heterocycles. The summed E-state index contributed by atoms with van der Waals surface area (Å²) < 4.78 is 0. The zero-order valence-electron chi connectivity index (χ0n) is 9.58. The molecular weight excluding hydrogens is 204 g/mol. The molecule has 0 aliphatic rings. The monoisotopic (exact) mass is 222 g/mol. The number of hydrogen-bond acceptors (Lipinski definition) is 2. The number of rotatable bonds is 6. The molecule has 0 atom stereocenters. The van der Waals surface area contributed by atoms with Crippen molar-refractivity contribution in [3.05, 3.63) is 34.2 Å². The number of carbonyl (C=O) groups is 1. The predicted octanol–water partition coefficient (Wildman–Crippen LogP) is 1.68. The lowest BCUT2D eigenvalue weighted by Gasteiger charge is -2.03. The maximum absolute atomic E-state index is 11.6. The van der Waals surface area contributed by atoms with E-state index in [1.54, 1.807) is 0 Å². The molecule has 0 fully saturated rings. The first-order valence-electron chi connectivity index (χ1n) is 5.71. The molecule has 0 aromatic carbocycles. The Kier molecular flexibility index (Phi) is 5.32.